The number of esters is 1. The molecule has 0 aromatic heterocycles. The highest BCUT2D eigenvalue weighted by Crippen LogP contribution is 2.37. The number of methoxy groups -OCH3 is 1. The molecule has 0 bridgehead atoms. The molecular formula is C42H42N2O4. The van der Waals surface area contributed by atoms with Gasteiger partial charge in [-0.3, -0.25) is 4.79 Å². The first-order valence-corrected chi connectivity index (χ1v) is 16.7. The van der Waals surface area contributed by atoms with E-state index in [1.165, 1.54) is 35.9 Å². The third-order valence-corrected chi connectivity index (χ3v) is 8.98. The lowest BCUT2D eigenvalue weighted by Crippen LogP contribution is -2.33. The maximum absolute atomic E-state index is 13.2. The Hall–Kier alpha value is -5.36. The minimum atomic E-state index is -0.675. The second-order valence-electron chi connectivity index (χ2n) is 12.3. The van der Waals surface area contributed by atoms with Gasteiger partial charge in [-0.15, -0.1) is 0 Å². The third-order valence-electron chi connectivity index (χ3n) is 8.98. The Balaban J connectivity index is 0.977. The van der Waals surface area contributed by atoms with Crippen molar-refractivity contribution < 1.29 is 19.1 Å². The molecule has 244 valence electrons. The van der Waals surface area contributed by atoms with Crippen molar-refractivity contribution in [1.29, 1.82) is 0 Å². The van der Waals surface area contributed by atoms with Gasteiger partial charge in [0.25, 0.3) is 0 Å². The number of hydrogen-bond donors (Lipinski definition) is 2. The van der Waals surface area contributed by atoms with Crippen LogP contribution in [0.4, 0.5) is 11.4 Å². The lowest BCUT2D eigenvalue weighted by molar-refractivity contribution is -0.141. The van der Waals surface area contributed by atoms with Crippen molar-refractivity contribution in [3.8, 4) is 5.75 Å². The molecule has 5 aromatic carbocycles. The van der Waals surface area contributed by atoms with E-state index in [4.69, 9.17) is 9.47 Å². The van der Waals surface area contributed by atoms with E-state index in [2.05, 4.69) is 59.2 Å². The highest BCUT2D eigenvalue weighted by atomic mass is 16.5. The van der Waals surface area contributed by atoms with Crippen molar-refractivity contribution in [2.75, 3.05) is 30.9 Å². The molecule has 0 spiro atoms. The van der Waals surface area contributed by atoms with Crippen LogP contribution in [0.1, 0.15) is 56.9 Å². The van der Waals surface area contributed by atoms with Gasteiger partial charge < -0.3 is 20.1 Å². The van der Waals surface area contributed by atoms with Gasteiger partial charge in [-0.1, -0.05) is 91.0 Å². The van der Waals surface area contributed by atoms with E-state index in [1.54, 1.807) is 18.2 Å². The van der Waals surface area contributed by atoms with Gasteiger partial charge in [0.1, 0.15) is 11.8 Å². The molecule has 0 saturated carbocycles. The number of benzene rings is 5. The number of carbonyl (C=O) groups excluding carboxylic acids is 2. The predicted octanol–water partition coefficient (Wildman–Crippen LogP) is 8.27. The summed E-state index contributed by atoms with van der Waals surface area (Å²) in [6.07, 6.45) is 4.71. The first-order valence-electron chi connectivity index (χ1n) is 16.7. The van der Waals surface area contributed by atoms with Gasteiger partial charge in [-0.05, 0) is 90.3 Å². The molecule has 2 atom stereocenters. The SMILES string of the molecule is COC(=O)C(Cc1ccc(OCCCNc2ccc3c(c2)CCC3Cc2ccccc2)cc1)Nc1ccccc1C(=O)c1ccccc1. The lowest BCUT2D eigenvalue weighted by atomic mass is 9.93. The average molecular weight is 639 g/mol. The molecule has 0 heterocycles. The lowest BCUT2D eigenvalue weighted by Gasteiger charge is -2.20. The number of aryl methyl sites for hydroxylation is 1. The molecule has 6 heteroatoms. The highest BCUT2D eigenvalue weighted by Gasteiger charge is 2.24. The van der Waals surface area contributed by atoms with Crippen LogP contribution in [0.2, 0.25) is 0 Å². The first kappa shape index (κ1) is 32.6. The Bertz CT molecular complexity index is 1810. The molecule has 2 N–H and O–H groups in total. The van der Waals surface area contributed by atoms with Crippen LogP contribution >= 0.6 is 0 Å². The first-order chi connectivity index (χ1) is 23.6. The quantitative estimate of drug-likeness (QED) is 0.0683. The number of ketones is 1. The van der Waals surface area contributed by atoms with Crippen LogP contribution in [-0.4, -0.2) is 38.1 Å². The van der Waals surface area contributed by atoms with Crippen LogP contribution < -0.4 is 15.4 Å². The summed E-state index contributed by atoms with van der Waals surface area (Å²) in [7, 11) is 1.37. The Kier molecular flexibility index (Phi) is 10.8. The molecule has 5 aromatic rings. The van der Waals surface area contributed by atoms with E-state index in [0.717, 1.165) is 37.1 Å². The molecule has 6 rings (SSSR count). The minimum Gasteiger partial charge on any atom is -0.494 e. The number of ether oxygens (including phenoxy) is 2. The van der Waals surface area contributed by atoms with E-state index in [9.17, 15) is 9.59 Å². The van der Waals surface area contributed by atoms with Crippen molar-refractivity contribution in [2.24, 2.45) is 0 Å². The number of carbonyl (C=O) groups is 2. The Morgan fingerprint density at radius 3 is 2.31 bits per heavy atom. The van der Waals surface area contributed by atoms with Gasteiger partial charge in [-0.25, -0.2) is 4.79 Å². The highest BCUT2D eigenvalue weighted by molar-refractivity contribution is 6.12. The molecule has 1 aliphatic carbocycles. The summed E-state index contributed by atoms with van der Waals surface area (Å²) in [5.74, 6) is 0.868. The monoisotopic (exact) mass is 638 g/mol. The van der Waals surface area contributed by atoms with Gasteiger partial charge in [-0.2, -0.15) is 0 Å². The van der Waals surface area contributed by atoms with Crippen molar-refractivity contribution in [3.05, 3.63) is 161 Å². The van der Waals surface area contributed by atoms with Crippen LogP contribution in [0.5, 0.6) is 5.75 Å². The van der Waals surface area contributed by atoms with Crippen LogP contribution in [0.15, 0.2) is 127 Å². The number of rotatable bonds is 15. The molecular weight excluding hydrogens is 596 g/mol. The summed E-state index contributed by atoms with van der Waals surface area (Å²) in [6.45, 7) is 1.42. The second-order valence-corrected chi connectivity index (χ2v) is 12.3. The van der Waals surface area contributed by atoms with Gasteiger partial charge in [0, 0.05) is 35.5 Å². The summed E-state index contributed by atoms with van der Waals surface area (Å²) in [5.41, 5.74) is 8.15. The normalized spacial score (nSPS) is 14.1. The summed E-state index contributed by atoms with van der Waals surface area (Å²) < 4.78 is 11.1. The Labute approximate surface area is 283 Å². The fraction of sp³-hybridized carbons (Fsp3) is 0.238. The average Bonchev–Trinajstić information content (AvgIpc) is 3.53. The summed E-state index contributed by atoms with van der Waals surface area (Å²) in [6, 6.07) is 41.0. The zero-order valence-electron chi connectivity index (χ0n) is 27.4. The van der Waals surface area contributed by atoms with Gasteiger partial charge >= 0.3 is 5.97 Å². The molecule has 0 saturated heterocycles. The minimum absolute atomic E-state index is 0.112. The number of anilines is 2. The van der Waals surface area contributed by atoms with E-state index in [1.807, 2.05) is 60.7 Å². The van der Waals surface area contributed by atoms with Crippen LogP contribution in [0, 0.1) is 0 Å². The molecule has 48 heavy (non-hydrogen) atoms. The molecule has 6 nitrogen and oxygen atoms in total. The van der Waals surface area contributed by atoms with E-state index >= 15 is 0 Å². The van der Waals surface area contributed by atoms with Crippen molar-refractivity contribution in [3.63, 3.8) is 0 Å². The molecule has 1 aliphatic rings. The number of fused-ring (bicyclic) bond motifs is 1. The zero-order valence-corrected chi connectivity index (χ0v) is 27.4. The van der Waals surface area contributed by atoms with Crippen LogP contribution in [0.3, 0.4) is 0 Å². The Morgan fingerprint density at radius 2 is 1.54 bits per heavy atom. The fourth-order valence-electron chi connectivity index (χ4n) is 6.45. The van der Waals surface area contributed by atoms with E-state index in [0.29, 0.717) is 35.8 Å². The maximum Gasteiger partial charge on any atom is 0.328 e. The summed E-state index contributed by atoms with van der Waals surface area (Å²) in [5, 5.41) is 6.83. The van der Waals surface area contributed by atoms with Crippen molar-refractivity contribution in [2.45, 2.75) is 44.1 Å². The third kappa shape index (κ3) is 8.31. The standard InChI is InChI=1S/C42H42N2O4/c1-47-42(46)40(44-39-16-9-8-15-38(39)41(45)32-13-6-3-7-14-32)28-31-17-22-36(23-18-31)48-26-10-25-43-35-21-24-37-33(19-20-34(37)29-35)27-30-11-4-2-5-12-30/h2-9,11-18,21-24,29,33,40,43-44H,10,19-20,25-28H2,1H3. The number of nitrogens with one attached hydrogen (secondary N) is 2. The number of hydrogen-bond acceptors (Lipinski definition) is 6. The molecule has 0 fully saturated rings. The van der Waals surface area contributed by atoms with Crippen molar-refractivity contribution >= 4 is 23.1 Å². The van der Waals surface area contributed by atoms with Gasteiger partial charge in [0.05, 0.1) is 13.7 Å². The molecule has 2 unspecified atom stereocenters. The number of para-hydroxylation sites is 1. The summed E-state index contributed by atoms with van der Waals surface area (Å²) in [4.78, 5) is 26.0. The smallest absolute Gasteiger partial charge is 0.328 e. The zero-order chi connectivity index (χ0) is 33.1. The summed E-state index contributed by atoms with van der Waals surface area (Å²) >= 11 is 0. The van der Waals surface area contributed by atoms with Gasteiger partial charge in [0.15, 0.2) is 5.78 Å². The Morgan fingerprint density at radius 1 is 0.812 bits per heavy atom. The molecule has 0 amide bonds. The van der Waals surface area contributed by atoms with Gasteiger partial charge in [0.2, 0.25) is 0 Å². The van der Waals surface area contributed by atoms with Crippen LogP contribution in [0.25, 0.3) is 0 Å². The van der Waals surface area contributed by atoms with E-state index < -0.39 is 12.0 Å². The maximum atomic E-state index is 13.2. The van der Waals surface area contributed by atoms with E-state index in [-0.39, 0.29) is 5.78 Å². The fourth-order valence-corrected chi connectivity index (χ4v) is 6.45. The largest absolute Gasteiger partial charge is 0.494 e. The second kappa shape index (κ2) is 16.0. The van der Waals surface area contributed by atoms with Crippen LogP contribution in [-0.2, 0) is 28.8 Å². The predicted molar refractivity (Wildman–Crippen MR) is 192 cm³/mol. The molecule has 0 aliphatic heterocycles. The van der Waals surface area contributed by atoms with Crippen molar-refractivity contribution in [1.82, 2.24) is 0 Å². The molecule has 0 radical (unpaired) electrons. The topological polar surface area (TPSA) is 76.7 Å².